The Labute approximate surface area is 137 Å². The van der Waals surface area contributed by atoms with E-state index in [1.807, 2.05) is 4.90 Å². The van der Waals surface area contributed by atoms with Gasteiger partial charge in [0.2, 0.25) is 5.91 Å². The molecule has 0 saturated carbocycles. The Kier molecular flexibility index (Phi) is 4.41. The third-order valence-corrected chi connectivity index (χ3v) is 3.67. The van der Waals surface area contributed by atoms with Gasteiger partial charge in [-0.2, -0.15) is 0 Å². The van der Waals surface area contributed by atoms with Gasteiger partial charge >= 0.3 is 0 Å². The van der Waals surface area contributed by atoms with Gasteiger partial charge in [-0.1, -0.05) is 6.07 Å². The van der Waals surface area contributed by atoms with Gasteiger partial charge in [0.25, 0.3) is 0 Å². The van der Waals surface area contributed by atoms with Gasteiger partial charge in [-0.3, -0.25) is 4.79 Å². The lowest BCUT2D eigenvalue weighted by molar-refractivity contribution is -0.117. The lowest BCUT2D eigenvalue weighted by Gasteiger charge is -2.23. The summed E-state index contributed by atoms with van der Waals surface area (Å²) < 4.78 is 26.9. The fourth-order valence-corrected chi connectivity index (χ4v) is 2.50. The molecule has 2 aromatic carbocycles. The van der Waals surface area contributed by atoms with Crippen molar-refractivity contribution in [1.82, 2.24) is 9.97 Å². The molecule has 0 aliphatic carbocycles. The number of imidazole rings is 1. The highest BCUT2D eigenvalue weighted by molar-refractivity contribution is 5.76. The minimum atomic E-state index is -0.433. The van der Waals surface area contributed by atoms with E-state index in [2.05, 4.69) is 9.97 Å². The maximum atomic E-state index is 13.8. The molecule has 24 heavy (non-hydrogen) atoms. The van der Waals surface area contributed by atoms with Gasteiger partial charge in [-0.15, -0.1) is 0 Å². The summed E-state index contributed by atoms with van der Waals surface area (Å²) >= 11 is 0. The van der Waals surface area contributed by atoms with Gasteiger partial charge in [0.05, 0.1) is 12.1 Å². The number of amides is 1. The van der Waals surface area contributed by atoms with Crippen molar-refractivity contribution in [1.29, 1.82) is 0 Å². The predicted molar refractivity (Wildman–Crippen MR) is 87.3 cm³/mol. The number of benzene rings is 2. The van der Waals surface area contributed by atoms with E-state index < -0.39 is 11.7 Å². The fraction of sp³-hybridized carbons (Fsp3) is 0.176. The first-order valence-electron chi connectivity index (χ1n) is 7.45. The van der Waals surface area contributed by atoms with E-state index in [0.29, 0.717) is 24.4 Å². The van der Waals surface area contributed by atoms with Crippen LogP contribution in [0.1, 0.15) is 12.2 Å². The van der Waals surface area contributed by atoms with Crippen molar-refractivity contribution in [2.24, 2.45) is 5.73 Å². The number of carbonyl (C=O) groups excluding carboxylic acids is 1. The van der Waals surface area contributed by atoms with Crippen molar-refractivity contribution in [2.75, 3.05) is 11.4 Å². The number of carbonyl (C=O) groups is 1. The first kappa shape index (κ1) is 15.9. The van der Waals surface area contributed by atoms with Crippen LogP contribution in [0.25, 0.3) is 11.0 Å². The molecular weight excluding hydrogens is 314 g/mol. The number of fused-ring (bicyclic) bond motifs is 1. The molecule has 0 radical (unpaired) electrons. The molecule has 0 aliphatic heterocycles. The Hall–Kier alpha value is -2.96. The highest BCUT2D eigenvalue weighted by Gasteiger charge is 2.13. The van der Waals surface area contributed by atoms with Gasteiger partial charge < -0.3 is 15.6 Å². The number of anilines is 1. The van der Waals surface area contributed by atoms with Gasteiger partial charge in [-0.25, -0.2) is 13.8 Å². The molecule has 0 aliphatic rings. The summed E-state index contributed by atoms with van der Waals surface area (Å²) in [5.41, 5.74) is 6.80. The summed E-state index contributed by atoms with van der Waals surface area (Å²) in [7, 11) is 0. The Bertz CT molecular complexity index is 861. The predicted octanol–water partition coefficient (Wildman–Crippen LogP) is 2.72. The summed E-state index contributed by atoms with van der Waals surface area (Å²) in [6, 6.07) is 10.6. The Balaban J connectivity index is 1.87. The zero-order valence-corrected chi connectivity index (χ0v) is 12.8. The molecule has 124 valence electrons. The van der Waals surface area contributed by atoms with Crippen molar-refractivity contribution in [3.63, 3.8) is 0 Å². The van der Waals surface area contributed by atoms with Crippen LogP contribution in [0, 0.1) is 11.6 Å². The molecule has 0 bridgehead atoms. The summed E-state index contributed by atoms with van der Waals surface area (Å²) in [5.74, 6) is -0.637. The summed E-state index contributed by atoms with van der Waals surface area (Å²) in [4.78, 5) is 20.2. The van der Waals surface area contributed by atoms with Crippen molar-refractivity contribution in [3.05, 3.63) is 59.9 Å². The largest absolute Gasteiger partial charge is 0.370 e. The van der Waals surface area contributed by atoms with Crippen molar-refractivity contribution >= 4 is 22.6 Å². The summed E-state index contributed by atoms with van der Waals surface area (Å²) in [5, 5.41) is 0. The van der Waals surface area contributed by atoms with Gasteiger partial charge in [0, 0.05) is 18.7 Å². The minimum absolute atomic E-state index is 0.145. The van der Waals surface area contributed by atoms with E-state index in [1.165, 1.54) is 18.2 Å². The lowest BCUT2D eigenvalue weighted by atomic mass is 10.2. The zero-order chi connectivity index (χ0) is 17.1. The third kappa shape index (κ3) is 3.51. The van der Waals surface area contributed by atoms with Crippen LogP contribution in [0.3, 0.4) is 0 Å². The number of aromatic nitrogens is 2. The molecule has 7 heteroatoms. The molecule has 3 aromatic rings. The smallest absolute Gasteiger partial charge is 0.219 e. The molecule has 1 aromatic heterocycles. The SMILES string of the molecule is NC(=O)CCN(Cc1nc2c(F)cccc2[nH]1)c1ccc(F)cc1. The number of rotatable bonds is 6. The van der Waals surface area contributed by atoms with E-state index in [0.717, 1.165) is 5.69 Å². The molecule has 0 fully saturated rings. The number of nitrogens with two attached hydrogens (primary N) is 1. The maximum absolute atomic E-state index is 13.8. The number of aromatic amines is 1. The van der Waals surface area contributed by atoms with Crippen LogP contribution < -0.4 is 10.6 Å². The number of nitrogens with one attached hydrogen (secondary N) is 1. The van der Waals surface area contributed by atoms with E-state index in [4.69, 9.17) is 5.73 Å². The molecule has 5 nitrogen and oxygen atoms in total. The molecule has 0 saturated heterocycles. The first-order valence-corrected chi connectivity index (χ1v) is 7.45. The number of nitrogens with zero attached hydrogens (tertiary/aromatic N) is 2. The molecule has 3 N–H and O–H groups in total. The molecule has 0 spiro atoms. The number of halogens is 2. The molecular formula is C17H16F2N4O. The fourth-order valence-electron chi connectivity index (χ4n) is 2.50. The number of primary amides is 1. The number of hydrogen-bond acceptors (Lipinski definition) is 3. The minimum Gasteiger partial charge on any atom is -0.370 e. The average molecular weight is 330 g/mol. The third-order valence-electron chi connectivity index (χ3n) is 3.67. The molecule has 0 atom stereocenters. The van der Waals surface area contributed by atoms with E-state index in [1.54, 1.807) is 24.3 Å². The standard InChI is InChI=1S/C17H16F2N4O/c18-11-4-6-12(7-5-11)23(9-8-15(20)24)10-16-21-14-3-1-2-13(19)17(14)22-16/h1-7H,8-10H2,(H2,20,24)(H,21,22). The van der Waals surface area contributed by atoms with Crippen molar-refractivity contribution in [3.8, 4) is 0 Å². The van der Waals surface area contributed by atoms with Gasteiger partial charge in [-0.05, 0) is 36.4 Å². The quantitative estimate of drug-likeness (QED) is 0.730. The Morgan fingerprint density at radius 2 is 1.92 bits per heavy atom. The second-order valence-corrected chi connectivity index (χ2v) is 5.43. The van der Waals surface area contributed by atoms with E-state index in [9.17, 15) is 13.6 Å². The number of H-pyrrole nitrogens is 1. The molecule has 1 amide bonds. The summed E-state index contributed by atoms with van der Waals surface area (Å²) in [6.45, 7) is 0.660. The topological polar surface area (TPSA) is 75.0 Å². The maximum Gasteiger partial charge on any atom is 0.219 e. The van der Waals surface area contributed by atoms with Crippen molar-refractivity contribution in [2.45, 2.75) is 13.0 Å². The highest BCUT2D eigenvalue weighted by Crippen LogP contribution is 2.20. The molecule has 0 unspecified atom stereocenters. The van der Waals surface area contributed by atoms with Crippen LogP contribution in [0.15, 0.2) is 42.5 Å². The molecule has 3 rings (SSSR count). The second-order valence-electron chi connectivity index (χ2n) is 5.43. The Morgan fingerprint density at radius 3 is 2.58 bits per heavy atom. The highest BCUT2D eigenvalue weighted by atomic mass is 19.1. The van der Waals surface area contributed by atoms with Crippen LogP contribution >= 0.6 is 0 Å². The number of para-hydroxylation sites is 1. The van der Waals surface area contributed by atoms with Crippen molar-refractivity contribution < 1.29 is 13.6 Å². The average Bonchev–Trinajstić information content (AvgIpc) is 2.96. The monoisotopic (exact) mass is 330 g/mol. The van der Waals surface area contributed by atoms with Gasteiger partial charge in [0.15, 0.2) is 5.82 Å². The van der Waals surface area contributed by atoms with E-state index >= 15 is 0 Å². The van der Waals surface area contributed by atoms with E-state index in [-0.39, 0.29) is 17.8 Å². The van der Waals surface area contributed by atoms with Gasteiger partial charge in [0.1, 0.15) is 17.2 Å². The number of hydrogen-bond donors (Lipinski definition) is 2. The normalized spacial score (nSPS) is 10.9. The summed E-state index contributed by atoms with van der Waals surface area (Å²) in [6.07, 6.45) is 0.145. The molecule has 1 heterocycles. The zero-order valence-electron chi connectivity index (χ0n) is 12.8. The van der Waals surface area contributed by atoms with Crippen LogP contribution in [0.2, 0.25) is 0 Å². The van der Waals surface area contributed by atoms with Crippen LogP contribution in [-0.4, -0.2) is 22.4 Å². The second kappa shape index (κ2) is 6.66. The first-order chi connectivity index (χ1) is 11.5. The lowest BCUT2D eigenvalue weighted by Crippen LogP contribution is -2.28. The van der Waals surface area contributed by atoms with Crippen LogP contribution in [0.5, 0.6) is 0 Å². The van der Waals surface area contributed by atoms with Crippen LogP contribution in [-0.2, 0) is 11.3 Å². The van der Waals surface area contributed by atoms with Crippen LogP contribution in [0.4, 0.5) is 14.5 Å². The Morgan fingerprint density at radius 1 is 1.17 bits per heavy atom.